The number of nitrogens with one attached hydrogen (secondary N) is 1. The summed E-state index contributed by atoms with van der Waals surface area (Å²) in [6.45, 7) is 1.67. The molecule has 0 aromatic carbocycles. The predicted molar refractivity (Wildman–Crippen MR) is 72.9 cm³/mol. The predicted octanol–water partition coefficient (Wildman–Crippen LogP) is 0.642. The van der Waals surface area contributed by atoms with Crippen molar-refractivity contribution in [3.63, 3.8) is 0 Å². The molecule has 2 aromatic heterocycles. The van der Waals surface area contributed by atoms with E-state index in [1.165, 1.54) is 13.2 Å². The zero-order chi connectivity index (χ0) is 14.9. The number of ether oxygens (including phenoxy) is 1. The zero-order valence-corrected chi connectivity index (χ0v) is 11.6. The van der Waals surface area contributed by atoms with Crippen LogP contribution >= 0.6 is 11.3 Å². The fourth-order valence-electron chi connectivity index (χ4n) is 1.83. The number of hydrogen-bond donors (Lipinski definition) is 2. The number of H-pyrrole nitrogens is 1. The molecule has 0 bridgehead atoms. The summed E-state index contributed by atoms with van der Waals surface area (Å²) in [7, 11) is 1.22. The highest BCUT2D eigenvalue weighted by Crippen LogP contribution is 2.25. The summed E-state index contributed by atoms with van der Waals surface area (Å²) in [5, 5.41) is 11.7. The van der Waals surface area contributed by atoms with E-state index in [4.69, 9.17) is 0 Å². The Labute approximate surface area is 117 Å². The maximum absolute atomic E-state index is 11.9. The number of carbonyl (C=O) groups excluding carboxylic acids is 1. The number of aromatic amines is 1. The topological polar surface area (TPSA) is 101 Å². The molecule has 2 N–H and O–H groups in total. The van der Waals surface area contributed by atoms with Gasteiger partial charge in [0, 0.05) is 0 Å². The molecule has 20 heavy (non-hydrogen) atoms. The molecule has 8 heteroatoms. The van der Waals surface area contributed by atoms with Crippen molar-refractivity contribution < 1.29 is 14.6 Å². The van der Waals surface area contributed by atoms with Gasteiger partial charge in [0.1, 0.15) is 4.88 Å². The first-order chi connectivity index (χ1) is 9.51. The fourth-order valence-corrected chi connectivity index (χ4v) is 2.62. The second kappa shape index (κ2) is 5.33. The highest BCUT2D eigenvalue weighted by atomic mass is 32.1. The smallest absolute Gasteiger partial charge is 0.350 e. The van der Waals surface area contributed by atoms with Crippen LogP contribution in [0.5, 0.6) is 5.88 Å². The summed E-state index contributed by atoms with van der Waals surface area (Å²) in [5.41, 5.74) is -1.20. The van der Waals surface area contributed by atoms with Crippen LogP contribution in [0.15, 0.2) is 21.0 Å². The van der Waals surface area contributed by atoms with Crippen LogP contribution in [0, 0.1) is 0 Å². The lowest BCUT2D eigenvalue weighted by Crippen LogP contribution is -2.31. The molecule has 0 spiro atoms. The lowest BCUT2D eigenvalue weighted by molar-refractivity contribution is 0.0606. The molecule has 0 amide bonds. The van der Waals surface area contributed by atoms with Crippen LogP contribution in [-0.2, 0) is 11.2 Å². The Morgan fingerprint density at radius 3 is 2.80 bits per heavy atom. The number of carbonyl (C=O) groups is 1. The van der Waals surface area contributed by atoms with E-state index in [2.05, 4.69) is 9.72 Å². The highest BCUT2D eigenvalue weighted by molar-refractivity contribution is 7.12. The van der Waals surface area contributed by atoms with Gasteiger partial charge >= 0.3 is 11.7 Å². The van der Waals surface area contributed by atoms with Crippen LogP contribution in [0.3, 0.4) is 0 Å². The third-order valence-electron chi connectivity index (χ3n) is 2.79. The number of rotatable bonds is 3. The average Bonchev–Trinajstić information content (AvgIpc) is 2.87. The largest absolute Gasteiger partial charge is 0.494 e. The third-order valence-corrected chi connectivity index (χ3v) is 3.67. The standard InChI is InChI=1S/C12H12N2O5S/c1-3-6-9(15)13-12(18)14(10(6)16)7-4-5-20-8(7)11(17)19-2/h4-5,16H,3H2,1-2H3,(H,13,15,18). The minimum Gasteiger partial charge on any atom is -0.494 e. The van der Waals surface area contributed by atoms with Gasteiger partial charge in [-0.1, -0.05) is 6.92 Å². The number of hydrogen-bond acceptors (Lipinski definition) is 6. The van der Waals surface area contributed by atoms with Crippen molar-refractivity contribution in [1.82, 2.24) is 9.55 Å². The van der Waals surface area contributed by atoms with E-state index in [1.807, 2.05) is 0 Å². The Morgan fingerprint density at radius 2 is 2.20 bits per heavy atom. The number of esters is 1. The maximum atomic E-state index is 11.9. The summed E-state index contributed by atoms with van der Waals surface area (Å²) in [6.07, 6.45) is 0.249. The number of aromatic hydroxyl groups is 1. The Bertz CT molecular complexity index is 771. The van der Waals surface area contributed by atoms with E-state index in [0.717, 1.165) is 15.9 Å². The summed E-state index contributed by atoms with van der Waals surface area (Å²) < 4.78 is 5.51. The minimum atomic E-state index is -0.812. The van der Waals surface area contributed by atoms with Gasteiger partial charge in [0.2, 0.25) is 5.88 Å². The van der Waals surface area contributed by atoms with Crippen LogP contribution in [0.25, 0.3) is 5.69 Å². The summed E-state index contributed by atoms with van der Waals surface area (Å²) >= 11 is 1.07. The molecular weight excluding hydrogens is 284 g/mol. The summed E-state index contributed by atoms with van der Waals surface area (Å²) in [5.74, 6) is -1.09. The molecule has 0 aliphatic carbocycles. The van der Waals surface area contributed by atoms with Crippen LogP contribution in [0.1, 0.15) is 22.2 Å². The maximum Gasteiger partial charge on any atom is 0.350 e. The number of aromatic nitrogens is 2. The number of nitrogens with zero attached hydrogens (tertiary/aromatic N) is 1. The van der Waals surface area contributed by atoms with Crippen LogP contribution in [0.2, 0.25) is 0 Å². The first-order valence-electron chi connectivity index (χ1n) is 5.74. The second-order valence-electron chi connectivity index (χ2n) is 3.88. The molecule has 2 aromatic rings. The Balaban J connectivity index is 2.78. The van der Waals surface area contributed by atoms with Crippen molar-refractivity contribution in [2.75, 3.05) is 7.11 Å². The molecule has 0 saturated carbocycles. The SMILES string of the molecule is CCc1c(O)n(-c2ccsc2C(=O)OC)c(=O)[nH]c1=O. The van der Waals surface area contributed by atoms with Gasteiger partial charge in [-0.15, -0.1) is 11.3 Å². The lowest BCUT2D eigenvalue weighted by atomic mass is 10.2. The summed E-state index contributed by atoms with van der Waals surface area (Å²) in [6, 6.07) is 1.50. The van der Waals surface area contributed by atoms with Crippen LogP contribution < -0.4 is 11.2 Å². The average molecular weight is 296 g/mol. The number of thiophene rings is 1. The van der Waals surface area contributed by atoms with Crippen molar-refractivity contribution >= 4 is 17.3 Å². The molecule has 0 aliphatic rings. The normalized spacial score (nSPS) is 10.5. The molecule has 0 fully saturated rings. The minimum absolute atomic E-state index is 0.0756. The number of methoxy groups -OCH3 is 1. The van der Waals surface area contributed by atoms with Crippen molar-refractivity contribution in [1.29, 1.82) is 0 Å². The third kappa shape index (κ3) is 2.14. The van der Waals surface area contributed by atoms with Gasteiger partial charge < -0.3 is 9.84 Å². The fraction of sp³-hybridized carbons (Fsp3) is 0.250. The van der Waals surface area contributed by atoms with E-state index in [0.29, 0.717) is 0 Å². The molecule has 0 aliphatic heterocycles. The second-order valence-corrected chi connectivity index (χ2v) is 4.79. The summed E-state index contributed by atoms with van der Waals surface area (Å²) in [4.78, 5) is 37.4. The monoisotopic (exact) mass is 296 g/mol. The molecule has 2 rings (SSSR count). The molecule has 106 valence electrons. The molecule has 0 atom stereocenters. The molecule has 0 radical (unpaired) electrons. The highest BCUT2D eigenvalue weighted by Gasteiger charge is 2.21. The first kappa shape index (κ1) is 14.1. The van der Waals surface area contributed by atoms with Gasteiger partial charge in [-0.05, 0) is 17.9 Å². The van der Waals surface area contributed by atoms with Gasteiger partial charge in [0.25, 0.3) is 5.56 Å². The Hall–Kier alpha value is -2.35. The van der Waals surface area contributed by atoms with Crippen molar-refractivity contribution in [3.05, 3.63) is 42.7 Å². The quantitative estimate of drug-likeness (QED) is 0.809. The van der Waals surface area contributed by atoms with E-state index in [9.17, 15) is 19.5 Å². The first-order valence-corrected chi connectivity index (χ1v) is 6.62. The Kier molecular flexibility index (Phi) is 3.75. The van der Waals surface area contributed by atoms with Gasteiger partial charge in [-0.2, -0.15) is 0 Å². The van der Waals surface area contributed by atoms with E-state index < -0.39 is 23.1 Å². The molecule has 0 unspecified atom stereocenters. The Morgan fingerprint density at radius 1 is 1.50 bits per heavy atom. The molecule has 7 nitrogen and oxygen atoms in total. The van der Waals surface area contributed by atoms with Crippen LogP contribution in [-0.4, -0.2) is 27.7 Å². The van der Waals surface area contributed by atoms with Crippen LogP contribution in [0.4, 0.5) is 0 Å². The molecule has 2 heterocycles. The van der Waals surface area contributed by atoms with E-state index in [1.54, 1.807) is 12.3 Å². The van der Waals surface area contributed by atoms with Gasteiger partial charge in [0.15, 0.2) is 0 Å². The van der Waals surface area contributed by atoms with Gasteiger partial charge in [-0.25, -0.2) is 14.2 Å². The van der Waals surface area contributed by atoms with Gasteiger partial charge in [-0.3, -0.25) is 9.78 Å². The molecule has 0 saturated heterocycles. The zero-order valence-electron chi connectivity index (χ0n) is 10.8. The van der Waals surface area contributed by atoms with E-state index in [-0.39, 0.29) is 22.5 Å². The van der Waals surface area contributed by atoms with Crippen molar-refractivity contribution in [3.8, 4) is 11.6 Å². The van der Waals surface area contributed by atoms with Gasteiger partial charge in [0.05, 0.1) is 18.4 Å². The van der Waals surface area contributed by atoms with Crippen molar-refractivity contribution in [2.24, 2.45) is 0 Å². The lowest BCUT2D eigenvalue weighted by Gasteiger charge is -2.10. The van der Waals surface area contributed by atoms with E-state index >= 15 is 0 Å². The van der Waals surface area contributed by atoms with Crippen molar-refractivity contribution in [2.45, 2.75) is 13.3 Å². The molecular formula is C12H12N2O5S.